The molecule has 0 spiro atoms. The van der Waals surface area contributed by atoms with Crippen LogP contribution in [-0.4, -0.2) is 48.8 Å². The highest BCUT2D eigenvalue weighted by Crippen LogP contribution is 2.25. The lowest BCUT2D eigenvalue weighted by molar-refractivity contribution is -0.143. The van der Waals surface area contributed by atoms with Crippen molar-refractivity contribution in [2.45, 2.75) is 24.4 Å². The summed E-state index contributed by atoms with van der Waals surface area (Å²) < 4.78 is 0. The van der Waals surface area contributed by atoms with E-state index >= 15 is 0 Å². The summed E-state index contributed by atoms with van der Waals surface area (Å²) in [4.78, 5) is 26.5. The number of aliphatic carboxylic acids is 1. The summed E-state index contributed by atoms with van der Waals surface area (Å²) >= 11 is 1.36. The maximum atomic E-state index is 11.3. The average molecular weight is 281 g/mol. The number of thioether (sulfide) groups is 1. The quantitative estimate of drug-likeness (QED) is 0.533. The molecule has 19 heavy (non-hydrogen) atoms. The van der Waals surface area contributed by atoms with E-state index < -0.39 is 11.5 Å². The predicted molar refractivity (Wildman–Crippen MR) is 72.1 cm³/mol. The number of nitrogens with one attached hydrogen (secondary N) is 2. The molecule has 0 aliphatic heterocycles. The first-order valence-corrected chi connectivity index (χ1v) is 6.80. The maximum absolute atomic E-state index is 11.3. The van der Waals surface area contributed by atoms with Gasteiger partial charge < -0.3 is 15.4 Å². The predicted octanol–water partition coefficient (Wildman–Crippen LogP) is 0.898. The fraction of sp³-hybridized carbons (Fsp3) is 0.455. The molecule has 1 unspecified atom stereocenters. The molecule has 8 heteroatoms. The van der Waals surface area contributed by atoms with E-state index in [4.69, 9.17) is 0 Å². The van der Waals surface area contributed by atoms with E-state index in [9.17, 15) is 9.90 Å². The van der Waals surface area contributed by atoms with E-state index in [0.29, 0.717) is 23.0 Å². The third-order valence-electron chi connectivity index (χ3n) is 2.72. The van der Waals surface area contributed by atoms with Crippen molar-refractivity contribution >= 4 is 28.9 Å². The first-order valence-electron chi connectivity index (χ1n) is 5.82. The molecular weight excluding hydrogens is 266 g/mol. The second-order valence-corrected chi connectivity index (χ2v) is 5.20. The molecule has 2 aromatic heterocycles. The maximum Gasteiger partial charge on any atom is 0.324 e. The number of aromatic amines is 1. The zero-order chi connectivity index (χ0) is 13.9. The van der Waals surface area contributed by atoms with Gasteiger partial charge in [-0.05, 0) is 13.5 Å². The normalized spacial score (nSPS) is 14.4. The molecule has 2 aromatic rings. The largest absolute Gasteiger partial charge is 0.480 e. The molecule has 102 valence electrons. The Balaban J connectivity index is 2.17. The third kappa shape index (κ3) is 2.85. The summed E-state index contributed by atoms with van der Waals surface area (Å²) in [5.41, 5.74) is 0.325. The minimum atomic E-state index is -0.989. The molecule has 2 heterocycles. The van der Waals surface area contributed by atoms with Gasteiger partial charge in [0.1, 0.15) is 22.4 Å². The molecule has 0 radical (unpaired) electrons. The van der Waals surface area contributed by atoms with Gasteiger partial charge in [-0.3, -0.25) is 4.79 Å². The summed E-state index contributed by atoms with van der Waals surface area (Å²) in [6.07, 6.45) is 2.97. The zero-order valence-corrected chi connectivity index (χ0v) is 11.5. The van der Waals surface area contributed by atoms with Crippen LogP contribution in [0.3, 0.4) is 0 Å². The number of fused-ring (bicyclic) bond motifs is 1. The molecule has 1 atom stereocenters. The Labute approximate surface area is 114 Å². The van der Waals surface area contributed by atoms with Crippen LogP contribution in [0, 0.1) is 0 Å². The number of nitrogens with zero attached hydrogens (tertiary/aromatic N) is 3. The van der Waals surface area contributed by atoms with Gasteiger partial charge in [-0.2, -0.15) is 0 Å². The van der Waals surface area contributed by atoms with Crippen molar-refractivity contribution in [1.29, 1.82) is 0 Å². The second-order valence-electron chi connectivity index (χ2n) is 4.24. The molecule has 0 aliphatic carbocycles. The number of rotatable bonds is 6. The van der Waals surface area contributed by atoms with Crippen LogP contribution < -0.4 is 5.32 Å². The van der Waals surface area contributed by atoms with Gasteiger partial charge in [0.25, 0.3) is 0 Å². The van der Waals surface area contributed by atoms with Crippen LogP contribution in [0.5, 0.6) is 0 Å². The average Bonchev–Trinajstić information content (AvgIpc) is 2.85. The second kappa shape index (κ2) is 5.54. The van der Waals surface area contributed by atoms with Crippen LogP contribution in [0.2, 0.25) is 0 Å². The van der Waals surface area contributed by atoms with Crippen molar-refractivity contribution in [3.05, 3.63) is 12.7 Å². The van der Waals surface area contributed by atoms with Gasteiger partial charge >= 0.3 is 5.97 Å². The summed E-state index contributed by atoms with van der Waals surface area (Å²) in [6.45, 7) is 4.13. The van der Waals surface area contributed by atoms with Crippen molar-refractivity contribution in [3.8, 4) is 0 Å². The molecule has 7 nitrogen and oxygen atoms in total. The molecule has 0 amide bonds. The number of carboxylic acids is 1. The molecular formula is C11H15N5O2S. The number of hydrogen-bond acceptors (Lipinski definition) is 6. The van der Waals surface area contributed by atoms with Gasteiger partial charge in [-0.1, -0.05) is 6.92 Å². The first kappa shape index (κ1) is 13.8. The Morgan fingerprint density at radius 1 is 1.53 bits per heavy atom. The number of carbonyl (C=O) groups is 1. The number of imidazole rings is 1. The van der Waals surface area contributed by atoms with E-state index in [1.165, 1.54) is 18.1 Å². The highest BCUT2D eigenvalue weighted by Gasteiger charge is 2.32. The monoisotopic (exact) mass is 281 g/mol. The summed E-state index contributed by atoms with van der Waals surface area (Å²) in [6, 6.07) is 0. The van der Waals surface area contributed by atoms with Crippen molar-refractivity contribution in [2.75, 3.05) is 12.3 Å². The summed E-state index contributed by atoms with van der Waals surface area (Å²) in [5, 5.41) is 13.0. The van der Waals surface area contributed by atoms with E-state index in [1.807, 2.05) is 6.92 Å². The van der Waals surface area contributed by atoms with E-state index in [2.05, 4.69) is 25.3 Å². The summed E-state index contributed by atoms with van der Waals surface area (Å²) in [7, 11) is 0. The lowest BCUT2D eigenvalue weighted by atomic mass is 10.1. The Morgan fingerprint density at radius 2 is 2.32 bits per heavy atom. The van der Waals surface area contributed by atoms with Crippen LogP contribution >= 0.6 is 11.8 Å². The van der Waals surface area contributed by atoms with Crippen molar-refractivity contribution in [2.24, 2.45) is 0 Å². The lowest BCUT2D eigenvalue weighted by Crippen LogP contribution is -2.51. The van der Waals surface area contributed by atoms with Gasteiger partial charge in [-0.15, -0.1) is 11.8 Å². The smallest absolute Gasteiger partial charge is 0.324 e. The van der Waals surface area contributed by atoms with Gasteiger partial charge in [0.2, 0.25) is 0 Å². The van der Waals surface area contributed by atoms with Crippen molar-refractivity contribution in [3.63, 3.8) is 0 Å². The minimum absolute atomic E-state index is 0.362. The van der Waals surface area contributed by atoms with Crippen LogP contribution in [0.25, 0.3) is 11.2 Å². The van der Waals surface area contributed by atoms with Gasteiger partial charge in [-0.25, -0.2) is 15.0 Å². The van der Waals surface area contributed by atoms with E-state index in [1.54, 1.807) is 13.3 Å². The highest BCUT2D eigenvalue weighted by molar-refractivity contribution is 7.99. The van der Waals surface area contributed by atoms with E-state index in [-0.39, 0.29) is 0 Å². The molecule has 0 aromatic carbocycles. The molecule has 0 fully saturated rings. The summed E-state index contributed by atoms with van der Waals surface area (Å²) in [5.74, 6) is -0.516. The Bertz CT molecular complexity index is 587. The lowest BCUT2D eigenvalue weighted by Gasteiger charge is -2.24. The molecule has 2 rings (SSSR count). The number of likely N-dealkylation sites (N-methyl/N-ethyl adjacent to an activating group) is 1. The van der Waals surface area contributed by atoms with Gasteiger partial charge in [0, 0.05) is 5.75 Å². The molecule has 0 bridgehead atoms. The Kier molecular flexibility index (Phi) is 4.01. The minimum Gasteiger partial charge on any atom is -0.480 e. The number of hydrogen-bond donors (Lipinski definition) is 3. The van der Waals surface area contributed by atoms with Gasteiger partial charge in [0.15, 0.2) is 5.65 Å². The number of aromatic nitrogens is 4. The van der Waals surface area contributed by atoms with Crippen molar-refractivity contribution in [1.82, 2.24) is 25.3 Å². The standard InChI is InChI=1S/C11H15N5O2S/c1-3-16-11(2,10(17)18)4-19-9-7-8(13-5-12-7)14-6-15-9/h5-6,16H,3-4H2,1-2H3,(H,17,18)(H,12,13,14,15). The Hall–Kier alpha value is -1.67. The molecule has 0 saturated heterocycles. The fourth-order valence-electron chi connectivity index (χ4n) is 1.64. The van der Waals surface area contributed by atoms with Crippen LogP contribution in [0.15, 0.2) is 17.7 Å². The SMILES string of the molecule is CCNC(C)(CSc1ncnc2nc[nH]c12)C(=O)O. The van der Waals surface area contributed by atoms with Crippen LogP contribution in [0.4, 0.5) is 0 Å². The molecule has 0 aliphatic rings. The topological polar surface area (TPSA) is 104 Å². The Morgan fingerprint density at radius 3 is 3.00 bits per heavy atom. The molecule has 0 saturated carbocycles. The number of carboxylic acid groups (broad SMARTS) is 1. The van der Waals surface area contributed by atoms with Crippen LogP contribution in [-0.2, 0) is 4.79 Å². The highest BCUT2D eigenvalue weighted by atomic mass is 32.2. The van der Waals surface area contributed by atoms with Crippen molar-refractivity contribution < 1.29 is 9.90 Å². The first-order chi connectivity index (χ1) is 9.07. The van der Waals surface area contributed by atoms with Crippen LogP contribution in [0.1, 0.15) is 13.8 Å². The molecule has 3 N–H and O–H groups in total. The fourth-order valence-corrected chi connectivity index (χ4v) is 2.71. The zero-order valence-electron chi connectivity index (χ0n) is 10.7. The number of H-pyrrole nitrogens is 1. The van der Waals surface area contributed by atoms with Gasteiger partial charge in [0.05, 0.1) is 6.33 Å². The third-order valence-corrected chi connectivity index (χ3v) is 4.03. The van der Waals surface area contributed by atoms with E-state index in [0.717, 1.165) is 5.52 Å².